The van der Waals surface area contributed by atoms with Gasteiger partial charge in [0.25, 0.3) is 0 Å². The molecule has 74 valence electrons. The zero-order chi connectivity index (χ0) is 9.97. The largest absolute Gasteiger partial charge is 0.495 e. The number of nitrogens with zero attached hydrogens (tertiary/aromatic N) is 2. The van der Waals surface area contributed by atoms with Crippen molar-refractivity contribution in [1.82, 2.24) is 0 Å². The van der Waals surface area contributed by atoms with Crippen molar-refractivity contribution >= 4 is 26.2 Å². The molecule has 0 atom stereocenters. The molecule has 1 aliphatic heterocycles. The maximum Gasteiger partial charge on any atom is 0.144 e. The van der Waals surface area contributed by atoms with Crippen LogP contribution in [0.5, 0.6) is 5.75 Å². The van der Waals surface area contributed by atoms with E-state index in [1.165, 1.54) is 0 Å². The van der Waals surface area contributed by atoms with Gasteiger partial charge in [0.2, 0.25) is 0 Å². The molecule has 4 heteroatoms. The minimum Gasteiger partial charge on any atom is -0.495 e. The van der Waals surface area contributed by atoms with E-state index >= 15 is 0 Å². The molecule has 3 nitrogen and oxygen atoms in total. The van der Waals surface area contributed by atoms with E-state index in [0.717, 1.165) is 29.0 Å². The number of ether oxygens (including phenoxy) is 1. The van der Waals surface area contributed by atoms with Crippen LogP contribution in [0.15, 0.2) is 29.4 Å². The van der Waals surface area contributed by atoms with Gasteiger partial charge in [-0.1, -0.05) is 12.1 Å². The van der Waals surface area contributed by atoms with Crippen LogP contribution >= 0.6 is 15.9 Å². The fourth-order valence-electron chi connectivity index (χ4n) is 1.45. The molecule has 0 aliphatic carbocycles. The van der Waals surface area contributed by atoms with E-state index < -0.39 is 0 Å². The second-order valence-corrected chi connectivity index (χ2v) is 3.94. The van der Waals surface area contributed by atoms with Crippen molar-refractivity contribution < 1.29 is 4.74 Å². The number of anilines is 1. The first kappa shape index (κ1) is 9.52. The first-order chi connectivity index (χ1) is 6.81. The van der Waals surface area contributed by atoms with Gasteiger partial charge in [0.15, 0.2) is 0 Å². The molecule has 1 aromatic rings. The van der Waals surface area contributed by atoms with Gasteiger partial charge in [-0.05, 0) is 28.1 Å². The van der Waals surface area contributed by atoms with Crippen LogP contribution in [0, 0.1) is 0 Å². The summed E-state index contributed by atoms with van der Waals surface area (Å²) in [6.45, 7) is 0.904. The summed E-state index contributed by atoms with van der Waals surface area (Å²) in [4.78, 5) is 0. The van der Waals surface area contributed by atoms with Gasteiger partial charge in [0.1, 0.15) is 16.1 Å². The van der Waals surface area contributed by atoms with Gasteiger partial charge in [-0.2, -0.15) is 5.10 Å². The van der Waals surface area contributed by atoms with Crippen LogP contribution in [0.1, 0.15) is 6.42 Å². The maximum atomic E-state index is 5.27. The van der Waals surface area contributed by atoms with Crippen molar-refractivity contribution in [2.24, 2.45) is 5.10 Å². The highest BCUT2D eigenvalue weighted by atomic mass is 79.9. The summed E-state index contributed by atoms with van der Waals surface area (Å²) in [6, 6.07) is 7.89. The lowest BCUT2D eigenvalue weighted by atomic mass is 10.3. The van der Waals surface area contributed by atoms with Crippen molar-refractivity contribution in [1.29, 1.82) is 0 Å². The summed E-state index contributed by atoms with van der Waals surface area (Å²) >= 11 is 3.39. The normalized spacial score (nSPS) is 15.6. The lowest BCUT2D eigenvalue weighted by Crippen LogP contribution is -2.12. The molecule has 1 heterocycles. The lowest BCUT2D eigenvalue weighted by Gasteiger charge is -2.16. The van der Waals surface area contributed by atoms with Crippen LogP contribution in [0.3, 0.4) is 0 Å². The molecule has 1 aliphatic rings. The second-order valence-electron chi connectivity index (χ2n) is 3.02. The Balaban J connectivity index is 2.32. The molecule has 0 fully saturated rings. The van der Waals surface area contributed by atoms with Crippen molar-refractivity contribution in [3.8, 4) is 5.75 Å². The number of benzene rings is 1. The van der Waals surface area contributed by atoms with Gasteiger partial charge in [-0.15, -0.1) is 0 Å². The lowest BCUT2D eigenvalue weighted by molar-refractivity contribution is 0.414. The Labute approximate surface area is 91.5 Å². The molecule has 14 heavy (non-hydrogen) atoms. The predicted molar refractivity (Wildman–Crippen MR) is 61.3 cm³/mol. The van der Waals surface area contributed by atoms with Crippen LogP contribution < -0.4 is 9.75 Å². The Morgan fingerprint density at radius 3 is 2.86 bits per heavy atom. The first-order valence-electron chi connectivity index (χ1n) is 4.45. The molecule has 0 radical (unpaired) electrons. The molecule has 0 saturated heterocycles. The molecular formula is C10H11BrN2O. The highest BCUT2D eigenvalue weighted by Crippen LogP contribution is 2.30. The third-order valence-electron chi connectivity index (χ3n) is 2.12. The summed E-state index contributed by atoms with van der Waals surface area (Å²) in [7, 11) is 1.67. The zero-order valence-electron chi connectivity index (χ0n) is 7.90. The molecule has 0 unspecified atom stereocenters. The minimum atomic E-state index is 0.860. The average molecular weight is 255 g/mol. The molecule has 0 saturated carbocycles. The van der Waals surface area contributed by atoms with E-state index in [9.17, 15) is 0 Å². The van der Waals surface area contributed by atoms with Crippen LogP contribution in [0.4, 0.5) is 5.69 Å². The standard InChI is InChI=1S/C10H11BrN2O/c1-14-9-5-3-2-4-8(9)13-7-6-10(11)12-13/h2-5H,6-7H2,1H3. The Hall–Kier alpha value is -1.03. The number of methoxy groups -OCH3 is 1. The van der Waals surface area contributed by atoms with Crippen LogP contribution in [-0.4, -0.2) is 18.3 Å². The van der Waals surface area contributed by atoms with Crippen molar-refractivity contribution in [2.75, 3.05) is 18.7 Å². The van der Waals surface area contributed by atoms with Crippen molar-refractivity contribution in [2.45, 2.75) is 6.42 Å². The third kappa shape index (κ3) is 1.75. The molecule has 0 amide bonds. The van der Waals surface area contributed by atoms with Crippen LogP contribution in [0.25, 0.3) is 0 Å². The van der Waals surface area contributed by atoms with E-state index in [1.54, 1.807) is 7.11 Å². The Morgan fingerprint density at radius 2 is 2.21 bits per heavy atom. The van der Waals surface area contributed by atoms with Gasteiger partial charge in [0.05, 0.1) is 7.11 Å². The Morgan fingerprint density at radius 1 is 1.43 bits per heavy atom. The quantitative estimate of drug-likeness (QED) is 0.811. The fraction of sp³-hybridized carbons (Fsp3) is 0.300. The zero-order valence-corrected chi connectivity index (χ0v) is 9.49. The smallest absolute Gasteiger partial charge is 0.144 e. The molecule has 0 N–H and O–H groups in total. The number of hydrogen-bond donors (Lipinski definition) is 0. The van der Waals surface area contributed by atoms with E-state index in [4.69, 9.17) is 4.74 Å². The fourth-order valence-corrected chi connectivity index (χ4v) is 1.82. The molecule has 2 rings (SSSR count). The number of rotatable bonds is 2. The summed E-state index contributed by atoms with van der Waals surface area (Å²) < 4.78 is 6.26. The number of para-hydroxylation sites is 2. The summed E-state index contributed by atoms with van der Waals surface area (Å²) in [5.41, 5.74) is 1.02. The van der Waals surface area contributed by atoms with Crippen LogP contribution in [-0.2, 0) is 0 Å². The average Bonchev–Trinajstić information content (AvgIpc) is 2.65. The number of hydrogen-bond acceptors (Lipinski definition) is 3. The van der Waals surface area contributed by atoms with E-state index in [0.29, 0.717) is 0 Å². The van der Waals surface area contributed by atoms with Crippen molar-refractivity contribution in [3.05, 3.63) is 24.3 Å². The predicted octanol–water partition coefficient (Wildman–Crippen LogP) is 2.61. The molecule has 0 bridgehead atoms. The molecular weight excluding hydrogens is 244 g/mol. The van der Waals surface area contributed by atoms with E-state index in [2.05, 4.69) is 21.0 Å². The first-order valence-corrected chi connectivity index (χ1v) is 5.24. The van der Waals surface area contributed by atoms with Gasteiger partial charge in [-0.25, -0.2) is 0 Å². The molecule has 1 aromatic carbocycles. The van der Waals surface area contributed by atoms with Gasteiger partial charge in [-0.3, -0.25) is 5.01 Å². The summed E-state index contributed by atoms with van der Waals surface area (Å²) in [5.74, 6) is 0.860. The third-order valence-corrected chi connectivity index (χ3v) is 2.68. The highest BCUT2D eigenvalue weighted by molar-refractivity contribution is 9.18. The van der Waals surface area contributed by atoms with Crippen molar-refractivity contribution in [3.63, 3.8) is 0 Å². The van der Waals surface area contributed by atoms with Crippen LogP contribution in [0.2, 0.25) is 0 Å². The number of halogens is 1. The summed E-state index contributed by atoms with van der Waals surface area (Å²) in [5, 5.41) is 6.30. The topological polar surface area (TPSA) is 24.8 Å². The maximum absolute atomic E-state index is 5.27. The molecule has 0 spiro atoms. The van der Waals surface area contributed by atoms with Gasteiger partial charge >= 0.3 is 0 Å². The van der Waals surface area contributed by atoms with Gasteiger partial charge in [0, 0.05) is 13.0 Å². The highest BCUT2D eigenvalue weighted by Gasteiger charge is 2.16. The minimum absolute atomic E-state index is 0.860. The monoisotopic (exact) mass is 254 g/mol. The Bertz CT molecular complexity index is 365. The second kappa shape index (κ2) is 4.00. The molecule has 0 aromatic heterocycles. The SMILES string of the molecule is COc1ccccc1N1CCC(Br)=N1. The number of hydrazone groups is 1. The summed E-state index contributed by atoms with van der Waals surface area (Å²) in [6.07, 6.45) is 0.956. The van der Waals surface area contributed by atoms with Gasteiger partial charge < -0.3 is 4.74 Å². The Kier molecular flexibility index (Phi) is 2.72. The van der Waals surface area contributed by atoms with E-state index in [1.807, 2.05) is 29.3 Å². The van der Waals surface area contributed by atoms with E-state index in [-0.39, 0.29) is 0 Å².